The van der Waals surface area contributed by atoms with Crippen molar-refractivity contribution in [2.24, 2.45) is 0 Å². The lowest BCUT2D eigenvalue weighted by Gasteiger charge is -2.16. The van der Waals surface area contributed by atoms with Gasteiger partial charge in [-0.1, -0.05) is 18.2 Å². The van der Waals surface area contributed by atoms with E-state index >= 15 is 0 Å². The van der Waals surface area contributed by atoms with Gasteiger partial charge in [0.2, 0.25) is 0 Å². The lowest BCUT2D eigenvalue weighted by Crippen LogP contribution is -2.17. The molecule has 1 aromatic rings. The molecule has 0 bridgehead atoms. The molecule has 82 valence electrons. The van der Waals surface area contributed by atoms with Gasteiger partial charge in [0.25, 0.3) is 0 Å². The summed E-state index contributed by atoms with van der Waals surface area (Å²) >= 11 is 5.80. The molecule has 1 aromatic carbocycles. The van der Waals surface area contributed by atoms with E-state index in [-0.39, 0.29) is 0 Å². The van der Waals surface area contributed by atoms with Crippen LogP contribution in [0.25, 0.3) is 0 Å². The van der Waals surface area contributed by atoms with Gasteiger partial charge in [-0.3, -0.25) is 0 Å². The molecule has 1 unspecified atom stereocenters. The predicted molar refractivity (Wildman–Crippen MR) is 65.6 cm³/mol. The highest BCUT2D eigenvalue weighted by molar-refractivity contribution is 6.17. The third kappa shape index (κ3) is 2.35. The van der Waals surface area contributed by atoms with Gasteiger partial charge in [-0.05, 0) is 49.4 Å². The second kappa shape index (κ2) is 5.00. The maximum absolute atomic E-state index is 5.80. The van der Waals surface area contributed by atoms with E-state index in [1.807, 2.05) is 7.05 Å². The van der Waals surface area contributed by atoms with Crippen molar-refractivity contribution in [1.82, 2.24) is 5.32 Å². The highest BCUT2D eigenvalue weighted by Gasteiger charge is 2.14. The number of halogens is 1. The number of alkyl halides is 1. The molecule has 0 saturated heterocycles. The Labute approximate surface area is 96.8 Å². The number of benzene rings is 1. The van der Waals surface area contributed by atoms with Gasteiger partial charge in [0, 0.05) is 11.9 Å². The summed E-state index contributed by atoms with van der Waals surface area (Å²) in [7, 11) is 2.00. The summed E-state index contributed by atoms with van der Waals surface area (Å²) < 4.78 is 0. The molecule has 0 heterocycles. The second-order valence-electron chi connectivity index (χ2n) is 4.20. The minimum absolute atomic E-state index is 0.411. The van der Waals surface area contributed by atoms with Crippen molar-refractivity contribution in [2.45, 2.75) is 31.7 Å². The molecule has 1 aliphatic rings. The van der Waals surface area contributed by atoms with Crippen LogP contribution in [0, 0.1) is 0 Å². The highest BCUT2D eigenvalue weighted by Crippen LogP contribution is 2.26. The van der Waals surface area contributed by atoms with Gasteiger partial charge in [0.05, 0.1) is 0 Å². The van der Waals surface area contributed by atoms with Crippen LogP contribution < -0.4 is 5.32 Å². The number of nitrogens with one attached hydrogen (secondary N) is 1. The zero-order valence-corrected chi connectivity index (χ0v) is 9.98. The molecule has 15 heavy (non-hydrogen) atoms. The molecule has 1 aliphatic carbocycles. The Morgan fingerprint density at radius 1 is 1.33 bits per heavy atom. The first kappa shape index (κ1) is 11.0. The second-order valence-corrected chi connectivity index (χ2v) is 4.58. The van der Waals surface area contributed by atoms with Crippen LogP contribution in [0.3, 0.4) is 0 Å². The molecule has 1 atom stereocenters. The smallest absolute Gasteiger partial charge is 0.0329 e. The first-order valence-electron chi connectivity index (χ1n) is 5.70. The van der Waals surface area contributed by atoms with Crippen LogP contribution in [0.2, 0.25) is 0 Å². The standard InChI is InChI=1S/C13H18ClN/c1-15-13(7-8-14)12-6-5-10-3-2-4-11(10)9-12/h5-6,9,13,15H,2-4,7-8H2,1H3. The van der Waals surface area contributed by atoms with Crippen LogP contribution in [-0.2, 0) is 12.8 Å². The number of rotatable bonds is 4. The Hall–Kier alpha value is -0.530. The number of fused-ring (bicyclic) bond motifs is 1. The Morgan fingerprint density at radius 2 is 2.13 bits per heavy atom. The van der Waals surface area contributed by atoms with E-state index in [1.54, 1.807) is 11.1 Å². The fourth-order valence-corrected chi connectivity index (χ4v) is 2.61. The SMILES string of the molecule is CNC(CCCl)c1ccc2c(c1)CCC2. The first-order chi connectivity index (χ1) is 7.35. The van der Waals surface area contributed by atoms with E-state index in [9.17, 15) is 0 Å². The van der Waals surface area contributed by atoms with E-state index in [0.717, 1.165) is 6.42 Å². The first-order valence-corrected chi connectivity index (χ1v) is 6.23. The van der Waals surface area contributed by atoms with Crippen LogP contribution in [0.5, 0.6) is 0 Å². The topological polar surface area (TPSA) is 12.0 Å². The van der Waals surface area contributed by atoms with E-state index in [0.29, 0.717) is 11.9 Å². The van der Waals surface area contributed by atoms with E-state index < -0.39 is 0 Å². The van der Waals surface area contributed by atoms with Gasteiger partial charge in [0.15, 0.2) is 0 Å². The van der Waals surface area contributed by atoms with Gasteiger partial charge in [-0.15, -0.1) is 11.6 Å². The van der Waals surface area contributed by atoms with E-state index in [4.69, 9.17) is 11.6 Å². The third-order valence-corrected chi connectivity index (χ3v) is 3.49. The maximum Gasteiger partial charge on any atom is 0.0329 e. The van der Waals surface area contributed by atoms with Gasteiger partial charge in [0.1, 0.15) is 0 Å². The van der Waals surface area contributed by atoms with Crippen LogP contribution in [-0.4, -0.2) is 12.9 Å². The van der Waals surface area contributed by atoms with Crippen molar-refractivity contribution in [3.8, 4) is 0 Å². The zero-order chi connectivity index (χ0) is 10.7. The zero-order valence-electron chi connectivity index (χ0n) is 9.22. The molecule has 1 N–H and O–H groups in total. The molecule has 0 saturated carbocycles. The van der Waals surface area contributed by atoms with Crippen molar-refractivity contribution in [3.63, 3.8) is 0 Å². The summed E-state index contributed by atoms with van der Waals surface area (Å²) in [6.45, 7) is 0. The summed E-state index contributed by atoms with van der Waals surface area (Å²) in [5, 5.41) is 3.33. The lowest BCUT2D eigenvalue weighted by molar-refractivity contribution is 0.579. The summed E-state index contributed by atoms with van der Waals surface area (Å²) in [5.41, 5.74) is 4.47. The van der Waals surface area contributed by atoms with Gasteiger partial charge < -0.3 is 5.32 Å². The van der Waals surface area contributed by atoms with Gasteiger partial charge in [-0.25, -0.2) is 0 Å². The van der Waals surface area contributed by atoms with E-state index in [2.05, 4.69) is 23.5 Å². The van der Waals surface area contributed by atoms with Crippen LogP contribution in [0.4, 0.5) is 0 Å². The minimum Gasteiger partial charge on any atom is -0.313 e. The molecule has 0 amide bonds. The summed E-state index contributed by atoms with van der Waals surface area (Å²) in [6, 6.07) is 7.30. The molecule has 0 aromatic heterocycles. The van der Waals surface area contributed by atoms with Crippen molar-refractivity contribution in [3.05, 3.63) is 34.9 Å². The summed E-state index contributed by atoms with van der Waals surface area (Å²) in [5.74, 6) is 0.711. The summed E-state index contributed by atoms with van der Waals surface area (Å²) in [4.78, 5) is 0. The Morgan fingerprint density at radius 3 is 2.87 bits per heavy atom. The molecule has 1 nitrogen and oxygen atoms in total. The fraction of sp³-hybridized carbons (Fsp3) is 0.538. The number of hydrogen-bond donors (Lipinski definition) is 1. The Balaban J connectivity index is 2.20. The predicted octanol–water partition coefficient (Wildman–Crippen LogP) is 3.06. The van der Waals surface area contributed by atoms with Crippen LogP contribution in [0.1, 0.15) is 35.6 Å². The molecule has 0 spiro atoms. The van der Waals surface area contributed by atoms with Crippen molar-refractivity contribution in [2.75, 3.05) is 12.9 Å². The van der Waals surface area contributed by atoms with Crippen molar-refractivity contribution in [1.29, 1.82) is 0 Å². The molecular formula is C13H18ClN. The Bertz CT molecular complexity index is 335. The molecule has 0 fully saturated rings. The van der Waals surface area contributed by atoms with E-state index in [1.165, 1.54) is 24.8 Å². The average Bonchev–Trinajstić information content (AvgIpc) is 2.72. The Kier molecular flexibility index (Phi) is 3.66. The largest absolute Gasteiger partial charge is 0.313 e. The quantitative estimate of drug-likeness (QED) is 0.774. The van der Waals surface area contributed by atoms with Gasteiger partial charge in [-0.2, -0.15) is 0 Å². The fourth-order valence-electron chi connectivity index (χ4n) is 2.40. The minimum atomic E-state index is 0.411. The normalized spacial score (nSPS) is 16.4. The van der Waals surface area contributed by atoms with Crippen LogP contribution >= 0.6 is 11.6 Å². The van der Waals surface area contributed by atoms with Gasteiger partial charge >= 0.3 is 0 Å². The molecule has 2 heteroatoms. The average molecular weight is 224 g/mol. The lowest BCUT2D eigenvalue weighted by atomic mass is 10.00. The molecule has 0 aliphatic heterocycles. The monoisotopic (exact) mass is 223 g/mol. The number of hydrogen-bond acceptors (Lipinski definition) is 1. The number of aryl methyl sites for hydroxylation is 2. The molecular weight excluding hydrogens is 206 g/mol. The maximum atomic E-state index is 5.80. The van der Waals surface area contributed by atoms with Crippen molar-refractivity contribution < 1.29 is 0 Å². The third-order valence-electron chi connectivity index (χ3n) is 3.27. The highest BCUT2D eigenvalue weighted by atomic mass is 35.5. The van der Waals surface area contributed by atoms with Crippen molar-refractivity contribution >= 4 is 11.6 Å². The van der Waals surface area contributed by atoms with Crippen LogP contribution in [0.15, 0.2) is 18.2 Å². The summed E-state index contributed by atoms with van der Waals surface area (Å²) in [6.07, 6.45) is 4.82. The molecule has 2 rings (SSSR count). The molecule has 0 radical (unpaired) electrons.